The molecule has 0 aliphatic heterocycles. The fourth-order valence-corrected chi connectivity index (χ4v) is 3.93. The maximum atomic E-state index is 13.6. The van der Waals surface area contributed by atoms with Crippen molar-refractivity contribution in [1.29, 1.82) is 0 Å². The number of aromatic nitrogens is 4. The molecule has 0 saturated heterocycles. The number of rotatable bonds is 4. The van der Waals surface area contributed by atoms with Crippen molar-refractivity contribution in [2.75, 3.05) is 0 Å². The van der Waals surface area contributed by atoms with Gasteiger partial charge in [-0.2, -0.15) is 13.2 Å². The summed E-state index contributed by atoms with van der Waals surface area (Å²) in [5.74, 6) is -1.93. The van der Waals surface area contributed by atoms with Crippen LogP contribution < -0.4 is 22.0 Å². The number of carboxylic acids is 1. The predicted molar refractivity (Wildman–Crippen MR) is 113 cm³/mol. The molecule has 0 spiro atoms. The number of carboxylic acid groups (broad SMARTS) is 1. The van der Waals surface area contributed by atoms with Gasteiger partial charge in [0.25, 0.3) is 5.56 Å². The summed E-state index contributed by atoms with van der Waals surface area (Å²) in [4.78, 5) is 51.8. The molecule has 0 saturated carbocycles. The Morgan fingerprint density at radius 3 is 2.50 bits per heavy atom. The Morgan fingerprint density at radius 1 is 1.15 bits per heavy atom. The SMILES string of the molecule is Cn1c(=O)[nH]c2cc(-n3cc(C(=O)[O-])c(=O)n(Cc4cccc(Cl)c4C(F)(F)F)c3=O)ccc21. The third-order valence-electron chi connectivity index (χ3n) is 5.27. The Kier molecular flexibility index (Phi) is 5.48. The van der Waals surface area contributed by atoms with Crippen molar-refractivity contribution in [1.82, 2.24) is 18.7 Å². The van der Waals surface area contributed by atoms with E-state index in [0.29, 0.717) is 15.6 Å². The number of alkyl halides is 3. The summed E-state index contributed by atoms with van der Waals surface area (Å²) >= 11 is 5.71. The summed E-state index contributed by atoms with van der Waals surface area (Å²) in [6.07, 6.45) is -4.17. The van der Waals surface area contributed by atoms with E-state index in [-0.39, 0.29) is 5.69 Å². The van der Waals surface area contributed by atoms with Crippen LogP contribution in [0.3, 0.4) is 0 Å². The molecule has 0 aliphatic carbocycles. The fourth-order valence-electron chi connectivity index (χ4n) is 3.63. The van der Waals surface area contributed by atoms with Gasteiger partial charge in [0.15, 0.2) is 0 Å². The molecule has 0 radical (unpaired) electrons. The number of nitrogens with zero attached hydrogens (tertiary/aromatic N) is 3. The second-order valence-electron chi connectivity index (χ2n) is 7.34. The monoisotopic (exact) mass is 493 g/mol. The van der Waals surface area contributed by atoms with Gasteiger partial charge in [0.05, 0.1) is 45.4 Å². The van der Waals surface area contributed by atoms with Crippen molar-refractivity contribution in [3.05, 3.63) is 95.6 Å². The molecule has 13 heteroatoms. The van der Waals surface area contributed by atoms with E-state index in [4.69, 9.17) is 11.6 Å². The summed E-state index contributed by atoms with van der Waals surface area (Å²) in [7, 11) is 1.50. The highest BCUT2D eigenvalue weighted by Gasteiger charge is 2.36. The molecular weight excluding hydrogens is 481 g/mol. The van der Waals surface area contributed by atoms with Crippen LogP contribution in [0.25, 0.3) is 16.7 Å². The minimum absolute atomic E-state index is 0.0535. The predicted octanol–water partition coefficient (Wildman–Crippen LogP) is 1.26. The number of aromatic carboxylic acids is 1. The van der Waals surface area contributed by atoms with Crippen LogP contribution in [0.5, 0.6) is 0 Å². The molecule has 2 aromatic heterocycles. The number of benzene rings is 2. The van der Waals surface area contributed by atoms with Crippen molar-refractivity contribution in [3.63, 3.8) is 0 Å². The summed E-state index contributed by atoms with van der Waals surface area (Å²) in [6.45, 7) is -0.904. The number of nitrogens with one attached hydrogen (secondary N) is 1. The van der Waals surface area contributed by atoms with Crippen LogP contribution in [-0.4, -0.2) is 24.7 Å². The number of hydrogen-bond acceptors (Lipinski definition) is 5. The molecule has 2 heterocycles. The zero-order chi connectivity index (χ0) is 24.9. The molecule has 2 aromatic carbocycles. The normalized spacial score (nSPS) is 11.8. The molecule has 0 amide bonds. The van der Waals surface area contributed by atoms with E-state index in [1.165, 1.54) is 35.9 Å². The Balaban J connectivity index is 1.97. The van der Waals surface area contributed by atoms with Gasteiger partial charge in [0, 0.05) is 13.2 Å². The zero-order valence-corrected chi connectivity index (χ0v) is 17.9. The molecule has 1 N–H and O–H groups in total. The largest absolute Gasteiger partial charge is 0.545 e. The Bertz CT molecular complexity index is 1650. The number of halogens is 4. The van der Waals surface area contributed by atoms with Crippen LogP contribution in [0, 0.1) is 0 Å². The molecule has 34 heavy (non-hydrogen) atoms. The van der Waals surface area contributed by atoms with Gasteiger partial charge in [0.1, 0.15) is 0 Å². The highest BCUT2D eigenvalue weighted by molar-refractivity contribution is 6.31. The van der Waals surface area contributed by atoms with Gasteiger partial charge in [-0.3, -0.25) is 18.5 Å². The molecule has 0 aliphatic rings. The van der Waals surface area contributed by atoms with E-state index in [1.54, 1.807) is 0 Å². The highest BCUT2D eigenvalue weighted by atomic mass is 35.5. The van der Waals surface area contributed by atoms with Crippen LogP contribution in [0.4, 0.5) is 13.2 Å². The molecule has 0 atom stereocenters. The first kappa shape index (κ1) is 23.1. The van der Waals surface area contributed by atoms with E-state index in [9.17, 15) is 37.5 Å². The molecule has 9 nitrogen and oxygen atoms in total. The van der Waals surface area contributed by atoms with Crippen LogP contribution in [0.1, 0.15) is 21.5 Å². The average Bonchev–Trinajstić information content (AvgIpc) is 3.03. The van der Waals surface area contributed by atoms with E-state index in [0.717, 1.165) is 22.9 Å². The van der Waals surface area contributed by atoms with Crippen LogP contribution in [0.15, 0.2) is 57.0 Å². The van der Waals surface area contributed by atoms with Gasteiger partial charge in [0.2, 0.25) is 0 Å². The summed E-state index contributed by atoms with van der Waals surface area (Å²) in [5, 5.41) is 10.9. The van der Waals surface area contributed by atoms with E-state index >= 15 is 0 Å². The van der Waals surface area contributed by atoms with Gasteiger partial charge in [-0.15, -0.1) is 0 Å². The Hall–Kier alpha value is -4.06. The summed E-state index contributed by atoms with van der Waals surface area (Å²) < 4.78 is 43.1. The number of aryl methyl sites for hydroxylation is 1. The van der Waals surface area contributed by atoms with Gasteiger partial charge >= 0.3 is 17.6 Å². The Labute approximate surface area is 191 Å². The lowest BCUT2D eigenvalue weighted by atomic mass is 10.1. The lowest BCUT2D eigenvalue weighted by Crippen LogP contribution is -2.44. The van der Waals surface area contributed by atoms with Gasteiger partial charge in [-0.25, -0.2) is 9.59 Å². The van der Waals surface area contributed by atoms with Crippen molar-refractivity contribution >= 4 is 28.6 Å². The molecule has 4 aromatic rings. The molecule has 4 rings (SSSR count). The third kappa shape index (κ3) is 3.81. The second-order valence-corrected chi connectivity index (χ2v) is 7.74. The van der Waals surface area contributed by atoms with Crippen molar-refractivity contribution in [3.8, 4) is 5.69 Å². The number of hydrogen-bond donors (Lipinski definition) is 1. The highest BCUT2D eigenvalue weighted by Crippen LogP contribution is 2.37. The molecular formula is C21H13ClF3N4O5-. The van der Waals surface area contributed by atoms with Crippen LogP contribution >= 0.6 is 11.6 Å². The van der Waals surface area contributed by atoms with Crippen molar-refractivity contribution < 1.29 is 23.1 Å². The maximum absolute atomic E-state index is 13.6. The molecule has 0 unspecified atom stereocenters. The topological polar surface area (TPSA) is 122 Å². The number of fused-ring (bicyclic) bond motifs is 1. The second kappa shape index (κ2) is 8.06. The first-order valence-electron chi connectivity index (χ1n) is 9.51. The Morgan fingerprint density at radius 2 is 1.85 bits per heavy atom. The number of imidazole rings is 1. The summed E-state index contributed by atoms with van der Waals surface area (Å²) in [5.41, 5.74) is -4.78. The molecule has 0 bridgehead atoms. The lowest BCUT2D eigenvalue weighted by Gasteiger charge is -2.17. The maximum Gasteiger partial charge on any atom is 0.418 e. The number of carbonyl (C=O) groups excluding carboxylic acids is 1. The quantitative estimate of drug-likeness (QED) is 0.459. The van der Waals surface area contributed by atoms with E-state index in [1.807, 2.05) is 0 Å². The molecule has 0 fully saturated rings. The smallest absolute Gasteiger partial charge is 0.418 e. The van der Waals surface area contributed by atoms with Gasteiger partial charge in [-0.05, 0) is 29.8 Å². The summed E-state index contributed by atoms with van der Waals surface area (Å²) in [6, 6.07) is 7.44. The van der Waals surface area contributed by atoms with Gasteiger partial charge in [-0.1, -0.05) is 23.7 Å². The fraction of sp³-hybridized carbons (Fsp3) is 0.143. The first-order chi connectivity index (χ1) is 15.9. The van der Waals surface area contributed by atoms with Gasteiger partial charge < -0.3 is 14.9 Å². The average molecular weight is 494 g/mol. The zero-order valence-electron chi connectivity index (χ0n) is 17.1. The van der Waals surface area contributed by atoms with Crippen LogP contribution in [0.2, 0.25) is 5.02 Å². The number of carbonyl (C=O) groups is 1. The molecule has 176 valence electrons. The van der Waals surface area contributed by atoms with Crippen LogP contribution in [-0.2, 0) is 19.8 Å². The van der Waals surface area contributed by atoms with Crippen molar-refractivity contribution in [2.45, 2.75) is 12.7 Å². The van der Waals surface area contributed by atoms with E-state index < -0.39 is 57.3 Å². The lowest BCUT2D eigenvalue weighted by molar-refractivity contribution is -0.255. The minimum Gasteiger partial charge on any atom is -0.545 e. The third-order valence-corrected chi connectivity index (χ3v) is 5.58. The minimum atomic E-state index is -4.90. The van der Waals surface area contributed by atoms with Crippen molar-refractivity contribution in [2.24, 2.45) is 7.05 Å². The number of H-pyrrole nitrogens is 1. The van der Waals surface area contributed by atoms with E-state index in [2.05, 4.69) is 4.98 Å². The first-order valence-corrected chi connectivity index (χ1v) is 9.89. The standard InChI is InChI=1S/C21H14ClF3N4O5/c1-27-15-6-5-11(7-14(15)26-19(27)33)28-9-12(18(31)32)17(30)29(20(28)34)8-10-3-2-4-13(22)16(10)21(23,24)25/h2-7,9H,8H2,1H3,(H,26,33)(H,31,32)/p-1. The number of aromatic amines is 1.